The lowest BCUT2D eigenvalue weighted by atomic mass is 9.92. The van der Waals surface area contributed by atoms with Crippen LogP contribution in [0.5, 0.6) is 0 Å². The fourth-order valence-electron chi connectivity index (χ4n) is 3.92. The summed E-state index contributed by atoms with van der Waals surface area (Å²) in [6.45, 7) is 5.40. The van der Waals surface area contributed by atoms with Crippen LogP contribution < -0.4 is 4.90 Å². The molecule has 3 heterocycles. The number of thiazole rings is 1. The summed E-state index contributed by atoms with van der Waals surface area (Å²) in [5, 5.41) is 2.92. The first-order valence-corrected chi connectivity index (χ1v) is 9.78. The molecule has 4 rings (SSSR count). The van der Waals surface area contributed by atoms with E-state index in [-0.39, 0.29) is 5.92 Å². The van der Waals surface area contributed by atoms with Crippen molar-refractivity contribution < 1.29 is 13.5 Å². The van der Waals surface area contributed by atoms with E-state index in [4.69, 9.17) is 9.72 Å². The van der Waals surface area contributed by atoms with E-state index in [1.54, 1.807) is 17.4 Å². The maximum atomic E-state index is 14.5. The highest BCUT2D eigenvalue weighted by atomic mass is 32.1. The first-order valence-electron chi connectivity index (χ1n) is 8.90. The molecule has 0 N–H and O–H groups in total. The van der Waals surface area contributed by atoms with Crippen LogP contribution in [0.15, 0.2) is 17.5 Å². The van der Waals surface area contributed by atoms with Crippen molar-refractivity contribution in [2.45, 2.75) is 51.1 Å². The average Bonchev–Trinajstić information content (AvgIpc) is 3.18. The molecule has 0 aliphatic carbocycles. The molecule has 2 fully saturated rings. The maximum Gasteiger partial charge on any atom is 0.186 e. The third-order valence-corrected chi connectivity index (χ3v) is 6.32. The van der Waals surface area contributed by atoms with Crippen LogP contribution in [0.2, 0.25) is 0 Å². The van der Waals surface area contributed by atoms with Crippen LogP contribution in [0.1, 0.15) is 44.6 Å². The van der Waals surface area contributed by atoms with Crippen LogP contribution in [0, 0.1) is 11.6 Å². The normalized spacial score (nSPS) is 23.9. The number of ether oxygens (including phenoxy) is 1. The molecule has 1 aromatic carbocycles. The highest BCUT2D eigenvalue weighted by molar-refractivity contribution is 7.14. The number of hydrogen-bond acceptors (Lipinski definition) is 4. The van der Waals surface area contributed by atoms with E-state index in [9.17, 15) is 8.78 Å². The summed E-state index contributed by atoms with van der Waals surface area (Å²) in [5.41, 5.74) is 1.88. The molecule has 1 aromatic heterocycles. The minimum Gasteiger partial charge on any atom is -0.377 e. The molecule has 3 unspecified atom stereocenters. The first kappa shape index (κ1) is 16.9. The van der Waals surface area contributed by atoms with E-state index in [0.717, 1.165) is 43.3 Å². The second kappa shape index (κ2) is 6.65. The number of hydrogen-bond donors (Lipinski definition) is 0. The molecule has 0 radical (unpaired) electrons. The summed E-state index contributed by atoms with van der Waals surface area (Å²) < 4.78 is 33.9. The Labute approximate surface area is 150 Å². The van der Waals surface area contributed by atoms with Crippen molar-refractivity contribution in [2.75, 3.05) is 18.1 Å². The van der Waals surface area contributed by atoms with E-state index >= 15 is 0 Å². The van der Waals surface area contributed by atoms with Crippen molar-refractivity contribution in [1.29, 1.82) is 0 Å². The molecular formula is C19H22F2N2OS. The minimum absolute atomic E-state index is 0.0598. The second-order valence-electron chi connectivity index (χ2n) is 6.98. The Hall–Kier alpha value is -1.53. The lowest BCUT2D eigenvalue weighted by Gasteiger charge is -2.34. The molecule has 134 valence electrons. The van der Waals surface area contributed by atoms with Gasteiger partial charge in [-0.2, -0.15) is 0 Å². The monoisotopic (exact) mass is 364 g/mol. The van der Waals surface area contributed by atoms with Gasteiger partial charge in [-0.3, -0.25) is 0 Å². The Kier molecular flexibility index (Phi) is 4.50. The van der Waals surface area contributed by atoms with Crippen LogP contribution >= 0.6 is 11.3 Å². The van der Waals surface area contributed by atoms with Crippen LogP contribution in [0.4, 0.5) is 13.9 Å². The summed E-state index contributed by atoms with van der Waals surface area (Å²) in [6, 6.07) is 3.63. The lowest BCUT2D eigenvalue weighted by Crippen LogP contribution is -2.45. The predicted molar refractivity (Wildman–Crippen MR) is 96.3 cm³/mol. The van der Waals surface area contributed by atoms with Crippen LogP contribution in [0.3, 0.4) is 0 Å². The zero-order valence-corrected chi connectivity index (χ0v) is 15.3. The van der Waals surface area contributed by atoms with Gasteiger partial charge in [0.2, 0.25) is 0 Å². The zero-order valence-electron chi connectivity index (χ0n) is 14.5. The van der Waals surface area contributed by atoms with Gasteiger partial charge in [-0.25, -0.2) is 13.8 Å². The van der Waals surface area contributed by atoms with Gasteiger partial charge in [-0.1, -0.05) is 13.8 Å². The van der Waals surface area contributed by atoms with Crippen molar-refractivity contribution >= 4 is 16.5 Å². The van der Waals surface area contributed by atoms with E-state index in [2.05, 4.69) is 4.90 Å². The molecule has 0 spiro atoms. The Morgan fingerprint density at radius 1 is 1.28 bits per heavy atom. The van der Waals surface area contributed by atoms with E-state index < -0.39 is 11.6 Å². The number of benzene rings is 1. The number of halogens is 2. The smallest absolute Gasteiger partial charge is 0.186 e. The van der Waals surface area contributed by atoms with Gasteiger partial charge >= 0.3 is 0 Å². The quantitative estimate of drug-likeness (QED) is 0.766. The Bertz CT molecular complexity index is 763. The third-order valence-electron chi connectivity index (χ3n) is 5.47. The summed E-state index contributed by atoms with van der Waals surface area (Å²) in [4.78, 5) is 7.15. The van der Waals surface area contributed by atoms with Gasteiger partial charge < -0.3 is 9.64 Å². The number of anilines is 1. The predicted octanol–water partition coefficient (Wildman–Crippen LogP) is 4.97. The molecule has 2 aliphatic heterocycles. The molecule has 2 bridgehead atoms. The average molecular weight is 364 g/mol. The molecule has 0 saturated carbocycles. The van der Waals surface area contributed by atoms with E-state index in [0.29, 0.717) is 23.2 Å². The van der Waals surface area contributed by atoms with Gasteiger partial charge in [0.1, 0.15) is 0 Å². The molecular weight excluding hydrogens is 342 g/mol. The summed E-state index contributed by atoms with van der Waals surface area (Å²) >= 11 is 1.58. The van der Waals surface area contributed by atoms with Crippen molar-refractivity contribution in [3.05, 3.63) is 34.7 Å². The Balaban J connectivity index is 1.72. The van der Waals surface area contributed by atoms with Crippen LogP contribution in [-0.2, 0) is 4.74 Å². The van der Waals surface area contributed by atoms with Crippen LogP contribution in [-0.4, -0.2) is 30.3 Å². The molecule has 0 amide bonds. The first-order chi connectivity index (χ1) is 12.1. The van der Waals surface area contributed by atoms with Crippen molar-refractivity contribution in [3.8, 4) is 11.3 Å². The lowest BCUT2D eigenvalue weighted by molar-refractivity contribution is 0.0906. The number of rotatable bonds is 4. The fourth-order valence-corrected chi connectivity index (χ4v) is 4.89. The summed E-state index contributed by atoms with van der Waals surface area (Å²) in [5.74, 6) is -1.59. The van der Waals surface area contributed by atoms with Gasteiger partial charge in [-0.15, -0.1) is 11.3 Å². The molecule has 2 aromatic rings. The second-order valence-corrected chi connectivity index (χ2v) is 7.81. The molecule has 25 heavy (non-hydrogen) atoms. The fraction of sp³-hybridized carbons (Fsp3) is 0.526. The molecule has 2 aliphatic rings. The van der Waals surface area contributed by atoms with Gasteiger partial charge in [-0.05, 0) is 37.3 Å². The molecule has 6 heteroatoms. The number of nitrogens with zero attached hydrogens (tertiary/aromatic N) is 2. The largest absolute Gasteiger partial charge is 0.377 e. The zero-order chi connectivity index (χ0) is 17.6. The topological polar surface area (TPSA) is 25.4 Å². The summed E-state index contributed by atoms with van der Waals surface area (Å²) in [7, 11) is 0. The van der Waals surface area contributed by atoms with E-state index in [1.165, 1.54) is 6.07 Å². The van der Waals surface area contributed by atoms with Gasteiger partial charge in [0, 0.05) is 16.5 Å². The van der Waals surface area contributed by atoms with Gasteiger partial charge in [0.05, 0.1) is 31.0 Å². The molecule has 2 saturated heterocycles. The van der Waals surface area contributed by atoms with Gasteiger partial charge in [0.25, 0.3) is 0 Å². The van der Waals surface area contributed by atoms with Crippen molar-refractivity contribution in [1.82, 2.24) is 4.98 Å². The highest BCUT2D eigenvalue weighted by Crippen LogP contribution is 2.40. The molecule has 3 atom stereocenters. The summed E-state index contributed by atoms with van der Waals surface area (Å²) in [6.07, 6.45) is 3.00. The van der Waals surface area contributed by atoms with Crippen molar-refractivity contribution in [3.63, 3.8) is 0 Å². The Morgan fingerprint density at radius 3 is 2.68 bits per heavy atom. The number of aromatic nitrogens is 1. The Morgan fingerprint density at radius 2 is 2.00 bits per heavy atom. The minimum atomic E-state index is -0.791. The standard InChI is InChI=1S/C19H22F2N2OS/c1-3-11(2)17-14(6-7-15(20)18(17)21)16-10-25-19(22-16)23-12-4-5-13(23)9-24-8-12/h6-7,10-13H,3-5,8-9H2,1-2H3. The number of fused-ring (bicyclic) bond motifs is 2. The molecule has 3 nitrogen and oxygen atoms in total. The van der Waals surface area contributed by atoms with Gasteiger partial charge in [0.15, 0.2) is 16.8 Å². The van der Waals surface area contributed by atoms with Crippen molar-refractivity contribution in [2.24, 2.45) is 0 Å². The number of morpholine rings is 1. The van der Waals surface area contributed by atoms with E-state index in [1.807, 2.05) is 19.2 Å². The SMILES string of the molecule is CCC(C)c1c(-c2csc(N3C4CCC3COC4)n2)ccc(F)c1F. The third kappa shape index (κ3) is 2.85. The van der Waals surface area contributed by atoms with Crippen LogP contribution in [0.25, 0.3) is 11.3 Å². The maximum absolute atomic E-state index is 14.5. The highest BCUT2D eigenvalue weighted by Gasteiger charge is 2.39.